The summed E-state index contributed by atoms with van der Waals surface area (Å²) in [5, 5.41) is 7.63. The lowest BCUT2D eigenvalue weighted by Crippen LogP contribution is -2.53. The van der Waals surface area contributed by atoms with Gasteiger partial charge in [-0.3, -0.25) is 9.48 Å². The highest BCUT2D eigenvalue weighted by atomic mass is 35.5. The van der Waals surface area contributed by atoms with E-state index in [0.717, 1.165) is 29.8 Å². The Balaban J connectivity index is 0.00000225. The van der Waals surface area contributed by atoms with E-state index in [9.17, 15) is 4.79 Å². The van der Waals surface area contributed by atoms with E-state index in [4.69, 9.17) is 5.73 Å². The van der Waals surface area contributed by atoms with E-state index in [2.05, 4.69) is 16.5 Å². The van der Waals surface area contributed by atoms with Crippen LogP contribution in [0, 0.1) is 19.8 Å². The number of benzene rings is 1. The van der Waals surface area contributed by atoms with Gasteiger partial charge in [-0.15, -0.1) is 12.4 Å². The maximum atomic E-state index is 12.6. The highest BCUT2D eigenvalue weighted by Crippen LogP contribution is 2.39. The molecule has 1 aliphatic carbocycles. The molecule has 3 rings (SSSR count). The Morgan fingerprint density at radius 1 is 1.36 bits per heavy atom. The molecule has 2 aromatic rings. The minimum absolute atomic E-state index is 0. The third-order valence-corrected chi connectivity index (χ3v) is 4.93. The molecule has 1 aromatic heterocycles. The molecule has 1 atom stereocenters. The summed E-state index contributed by atoms with van der Waals surface area (Å²) in [5.74, 6) is 0.453. The SMILES string of the molecule is Cc1cc(C)n(Cc2cccc(C(=O)NC(C)(CN)C3CC3)c2)n1.Cl. The molecule has 0 aliphatic heterocycles. The Labute approximate surface area is 155 Å². The summed E-state index contributed by atoms with van der Waals surface area (Å²) in [6.07, 6.45) is 2.29. The fourth-order valence-corrected chi connectivity index (χ4v) is 3.19. The van der Waals surface area contributed by atoms with Crippen LogP contribution in [0.15, 0.2) is 30.3 Å². The van der Waals surface area contributed by atoms with Crippen LogP contribution < -0.4 is 11.1 Å². The van der Waals surface area contributed by atoms with Gasteiger partial charge in [-0.2, -0.15) is 5.10 Å². The number of rotatable bonds is 6. The summed E-state index contributed by atoms with van der Waals surface area (Å²) < 4.78 is 1.96. The van der Waals surface area contributed by atoms with Crippen LogP contribution in [0.1, 0.15) is 47.1 Å². The van der Waals surface area contributed by atoms with Gasteiger partial charge in [0, 0.05) is 17.8 Å². The van der Waals surface area contributed by atoms with Gasteiger partial charge in [-0.1, -0.05) is 12.1 Å². The molecule has 1 saturated carbocycles. The van der Waals surface area contributed by atoms with Gasteiger partial charge in [-0.25, -0.2) is 0 Å². The van der Waals surface area contributed by atoms with Crippen LogP contribution >= 0.6 is 12.4 Å². The third kappa shape index (κ3) is 4.41. The van der Waals surface area contributed by atoms with Crippen molar-refractivity contribution in [3.05, 3.63) is 52.8 Å². The number of nitrogens with zero attached hydrogens (tertiary/aromatic N) is 2. The van der Waals surface area contributed by atoms with Gasteiger partial charge in [0.1, 0.15) is 0 Å². The van der Waals surface area contributed by atoms with Gasteiger partial charge >= 0.3 is 0 Å². The molecule has 0 spiro atoms. The number of halogens is 1. The summed E-state index contributed by atoms with van der Waals surface area (Å²) in [7, 11) is 0. The second kappa shape index (κ2) is 7.58. The highest BCUT2D eigenvalue weighted by Gasteiger charge is 2.41. The molecule has 25 heavy (non-hydrogen) atoms. The Bertz CT molecular complexity index is 754. The molecule has 136 valence electrons. The molecule has 1 heterocycles. The van der Waals surface area contributed by atoms with Gasteiger partial charge in [0.25, 0.3) is 5.91 Å². The standard InChI is InChI=1S/C19H26N4O.ClH/c1-13-9-14(2)23(22-13)11-15-5-4-6-16(10-15)18(24)21-19(3,12-20)17-7-8-17;/h4-6,9-10,17H,7-8,11-12,20H2,1-3H3,(H,21,24);1H. The zero-order valence-corrected chi connectivity index (χ0v) is 15.9. The van der Waals surface area contributed by atoms with Gasteiger partial charge in [-0.05, 0) is 63.3 Å². The zero-order valence-electron chi connectivity index (χ0n) is 15.1. The molecule has 1 fully saturated rings. The van der Waals surface area contributed by atoms with Crippen LogP contribution in [0.5, 0.6) is 0 Å². The maximum Gasteiger partial charge on any atom is 0.251 e. The molecule has 6 heteroatoms. The molecule has 1 aliphatic rings. The van der Waals surface area contributed by atoms with Crippen molar-refractivity contribution in [2.24, 2.45) is 11.7 Å². The molecular weight excluding hydrogens is 336 g/mol. The van der Waals surface area contributed by atoms with Crippen molar-refractivity contribution in [2.75, 3.05) is 6.54 Å². The third-order valence-electron chi connectivity index (χ3n) is 4.93. The first-order valence-electron chi connectivity index (χ1n) is 8.54. The minimum Gasteiger partial charge on any atom is -0.345 e. The average Bonchev–Trinajstić information content (AvgIpc) is 3.35. The first-order valence-corrected chi connectivity index (χ1v) is 8.54. The molecule has 0 saturated heterocycles. The fourth-order valence-electron chi connectivity index (χ4n) is 3.19. The summed E-state index contributed by atoms with van der Waals surface area (Å²) in [5.41, 5.74) is 9.46. The van der Waals surface area contributed by atoms with Gasteiger partial charge in [0.15, 0.2) is 0 Å². The van der Waals surface area contributed by atoms with E-state index < -0.39 is 0 Å². The molecule has 5 nitrogen and oxygen atoms in total. The molecule has 3 N–H and O–H groups in total. The molecule has 0 radical (unpaired) electrons. The molecule has 1 aromatic carbocycles. The number of carbonyl (C=O) groups is 1. The second-order valence-corrected chi connectivity index (χ2v) is 7.14. The van der Waals surface area contributed by atoms with Crippen LogP contribution in [0.3, 0.4) is 0 Å². The van der Waals surface area contributed by atoms with Crippen LogP contribution in [0.2, 0.25) is 0 Å². The van der Waals surface area contributed by atoms with E-state index in [1.165, 1.54) is 0 Å². The number of amides is 1. The number of carbonyl (C=O) groups excluding carboxylic acids is 1. The summed E-state index contributed by atoms with van der Waals surface area (Å²) in [4.78, 5) is 12.6. The van der Waals surface area contributed by atoms with Crippen molar-refractivity contribution < 1.29 is 4.79 Å². The van der Waals surface area contributed by atoms with Crippen molar-refractivity contribution in [1.29, 1.82) is 0 Å². The van der Waals surface area contributed by atoms with E-state index >= 15 is 0 Å². The van der Waals surface area contributed by atoms with Crippen molar-refractivity contribution >= 4 is 18.3 Å². The molecular formula is C19H27ClN4O. The number of nitrogens with one attached hydrogen (secondary N) is 1. The smallest absolute Gasteiger partial charge is 0.251 e. The monoisotopic (exact) mass is 362 g/mol. The number of nitrogens with two attached hydrogens (primary N) is 1. The molecule has 0 bridgehead atoms. The Morgan fingerprint density at radius 3 is 2.64 bits per heavy atom. The summed E-state index contributed by atoms with van der Waals surface area (Å²) in [6, 6.07) is 9.79. The number of hydrogen-bond acceptors (Lipinski definition) is 3. The van der Waals surface area contributed by atoms with Crippen molar-refractivity contribution in [1.82, 2.24) is 15.1 Å². The van der Waals surface area contributed by atoms with E-state index in [-0.39, 0.29) is 23.9 Å². The van der Waals surface area contributed by atoms with Crippen LogP contribution in [-0.4, -0.2) is 27.8 Å². The molecule has 1 amide bonds. The quantitative estimate of drug-likeness (QED) is 0.829. The van der Waals surface area contributed by atoms with Gasteiger partial charge in [0.05, 0.1) is 17.8 Å². The fraction of sp³-hybridized carbons (Fsp3) is 0.474. The Hall–Kier alpha value is -1.85. The van der Waals surface area contributed by atoms with Gasteiger partial charge < -0.3 is 11.1 Å². The lowest BCUT2D eigenvalue weighted by molar-refractivity contribution is 0.0897. The van der Waals surface area contributed by atoms with E-state index in [0.29, 0.717) is 24.6 Å². The topological polar surface area (TPSA) is 72.9 Å². The van der Waals surface area contributed by atoms with Crippen LogP contribution in [0.25, 0.3) is 0 Å². The highest BCUT2D eigenvalue weighted by molar-refractivity contribution is 5.94. The van der Waals surface area contributed by atoms with E-state index in [1.807, 2.05) is 49.7 Å². The van der Waals surface area contributed by atoms with Crippen LogP contribution in [-0.2, 0) is 6.54 Å². The predicted octanol–water partition coefficient (Wildman–Crippen LogP) is 2.83. The van der Waals surface area contributed by atoms with Crippen molar-refractivity contribution in [3.8, 4) is 0 Å². The normalized spacial score (nSPS) is 16.0. The summed E-state index contributed by atoms with van der Waals surface area (Å²) >= 11 is 0. The number of aromatic nitrogens is 2. The first-order chi connectivity index (χ1) is 11.4. The van der Waals surface area contributed by atoms with Crippen molar-refractivity contribution in [3.63, 3.8) is 0 Å². The lowest BCUT2D eigenvalue weighted by atomic mass is 9.95. The number of aryl methyl sites for hydroxylation is 2. The van der Waals surface area contributed by atoms with Crippen molar-refractivity contribution in [2.45, 2.75) is 45.7 Å². The average molecular weight is 363 g/mol. The largest absolute Gasteiger partial charge is 0.345 e. The van der Waals surface area contributed by atoms with E-state index in [1.54, 1.807) is 0 Å². The minimum atomic E-state index is -0.303. The summed E-state index contributed by atoms with van der Waals surface area (Å²) in [6.45, 7) is 7.20. The number of hydrogen-bond donors (Lipinski definition) is 2. The second-order valence-electron chi connectivity index (χ2n) is 7.14. The maximum absolute atomic E-state index is 12.6. The Kier molecular flexibility index (Phi) is 5.91. The zero-order chi connectivity index (χ0) is 17.3. The molecule has 1 unspecified atom stereocenters. The first kappa shape index (κ1) is 19.5. The lowest BCUT2D eigenvalue weighted by Gasteiger charge is -2.29. The Morgan fingerprint density at radius 2 is 2.08 bits per heavy atom. The van der Waals surface area contributed by atoms with Crippen LogP contribution in [0.4, 0.5) is 0 Å². The predicted molar refractivity (Wildman–Crippen MR) is 102 cm³/mol. The van der Waals surface area contributed by atoms with Gasteiger partial charge in [0.2, 0.25) is 0 Å².